The van der Waals surface area contributed by atoms with Crippen LogP contribution in [-0.4, -0.2) is 43.0 Å². The number of halogens is 2. The Labute approximate surface area is 168 Å². The van der Waals surface area contributed by atoms with E-state index in [2.05, 4.69) is 5.32 Å². The first-order valence-electron chi connectivity index (χ1n) is 9.72. The van der Waals surface area contributed by atoms with Gasteiger partial charge in [0.1, 0.15) is 17.4 Å². The van der Waals surface area contributed by atoms with Crippen LogP contribution in [0.25, 0.3) is 0 Å². The van der Waals surface area contributed by atoms with Gasteiger partial charge in [-0.05, 0) is 37.1 Å². The van der Waals surface area contributed by atoms with Crippen molar-refractivity contribution >= 4 is 11.8 Å². The van der Waals surface area contributed by atoms with Crippen molar-refractivity contribution in [1.82, 2.24) is 10.2 Å². The van der Waals surface area contributed by atoms with Gasteiger partial charge in [0.2, 0.25) is 5.91 Å². The fourth-order valence-electron chi connectivity index (χ4n) is 3.37. The summed E-state index contributed by atoms with van der Waals surface area (Å²) in [5, 5.41) is 2.51. The van der Waals surface area contributed by atoms with Crippen LogP contribution in [0, 0.1) is 17.6 Å². The van der Waals surface area contributed by atoms with Crippen molar-refractivity contribution in [2.75, 3.05) is 26.2 Å². The first kappa shape index (κ1) is 20.8. The number of piperidine rings is 1. The highest BCUT2D eigenvalue weighted by Crippen LogP contribution is 2.19. The fourth-order valence-corrected chi connectivity index (χ4v) is 3.37. The lowest BCUT2D eigenvalue weighted by Crippen LogP contribution is -2.42. The number of nitrogens with one attached hydrogen (secondary N) is 1. The average molecular weight is 402 g/mol. The molecular formula is C22H24F2N2O3. The van der Waals surface area contributed by atoms with E-state index >= 15 is 0 Å². The van der Waals surface area contributed by atoms with E-state index in [0.29, 0.717) is 25.8 Å². The van der Waals surface area contributed by atoms with Gasteiger partial charge >= 0.3 is 0 Å². The molecule has 1 fully saturated rings. The smallest absolute Gasteiger partial charge is 0.254 e. The van der Waals surface area contributed by atoms with Gasteiger partial charge in [0.25, 0.3) is 5.91 Å². The van der Waals surface area contributed by atoms with E-state index in [4.69, 9.17) is 4.74 Å². The van der Waals surface area contributed by atoms with Crippen LogP contribution in [0.5, 0.6) is 5.75 Å². The molecule has 0 aliphatic carbocycles. The van der Waals surface area contributed by atoms with E-state index in [1.165, 1.54) is 0 Å². The molecule has 2 aromatic carbocycles. The third kappa shape index (κ3) is 6.01. The molecule has 7 heteroatoms. The molecule has 0 radical (unpaired) electrons. The molecule has 2 amide bonds. The minimum atomic E-state index is -0.925. The van der Waals surface area contributed by atoms with E-state index in [0.717, 1.165) is 30.7 Å². The van der Waals surface area contributed by atoms with E-state index in [1.807, 2.05) is 30.3 Å². The van der Waals surface area contributed by atoms with Crippen LogP contribution < -0.4 is 10.1 Å². The van der Waals surface area contributed by atoms with Gasteiger partial charge in [-0.1, -0.05) is 18.2 Å². The van der Waals surface area contributed by atoms with Crippen molar-refractivity contribution < 1.29 is 23.1 Å². The highest BCUT2D eigenvalue weighted by molar-refractivity contribution is 5.94. The third-order valence-corrected chi connectivity index (χ3v) is 4.90. The molecule has 29 heavy (non-hydrogen) atoms. The predicted molar refractivity (Wildman–Crippen MR) is 105 cm³/mol. The number of carbonyl (C=O) groups excluding carboxylic acids is 2. The van der Waals surface area contributed by atoms with Gasteiger partial charge in [-0.15, -0.1) is 0 Å². The van der Waals surface area contributed by atoms with Gasteiger partial charge in [0.05, 0.1) is 12.2 Å². The summed E-state index contributed by atoms with van der Waals surface area (Å²) in [6, 6.07) is 12.3. The number of para-hydroxylation sites is 1. The maximum absolute atomic E-state index is 13.6. The number of ether oxygens (including phenoxy) is 1. The molecule has 1 unspecified atom stereocenters. The number of carbonyl (C=O) groups is 2. The van der Waals surface area contributed by atoms with Crippen LogP contribution in [0.15, 0.2) is 48.5 Å². The molecule has 154 valence electrons. The molecule has 1 atom stereocenters. The SMILES string of the molecule is O=C(NCCC(=O)N1CCCC(COc2ccccc2)C1)c1ccc(F)cc1F. The van der Waals surface area contributed by atoms with Gasteiger partial charge in [0, 0.05) is 38.0 Å². The molecule has 0 spiro atoms. The molecule has 3 rings (SSSR count). The monoisotopic (exact) mass is 402 g/mol. The van der Waals surface area contributed by atoms with Crippen molar-refractivity contribution in [3.63, 3.8) is 0 Å². The van der Waals surface area contributed by atoms with Crippen LogP contribution in [0.3, 0.4) is 0 Å². The number of hydrogen-bond acceptors (Lipinski definition) is 3. The quantitative estimate of drug-likeness (QED) is 0.772. The van der Waals surface area contributed by atoms with E-state index in [1.54, 1.807) is 4.90 Å². The molecule has 1 heterocycles. The molecule has 1 saturated heterocycles. The summed E-state index contributed by atoms with van der Waals surface area (Å²) < 4.78 is 32.4. The molecule has 1 aliphatic heterocycles. The topological polar surface area (TPSA) is 58.6 Å². The van der Waals surface area contributed by atoms with Crippen LogP contribution in [0.2, 0.25) is 0 Å². The zero-order valence-electron chi connectivity index (χ0n) is 16.1. The van der Waals surface area contributed by atoms with Crippen LogP contribution in [0.1, 0.15) is 29.6 Å². The van der Waals surface area contributed by atoms with E-state index in [9.17, 15) is 18.4 Å². The standard InChI is InChI=1S/C22H24F2N2O3/c23-17-8-9-19(20(24)13-17)22(28)25-11-10-21(27)26-12-4-5-16(14-26)15-29-18-6-2-1-3-7-18/h1-3,6-9,13,16H,4-5,10-12,14-15H2,(H,25,28). The lowest BCUT2D eigenvalue weighted by atomic mass is 9.98. The van der Waals surface area contributed by atoms with Gasteiger partial charge in [-0.2, -0.15) is 0 Å². The minimum absolute atomic E-state index is 0.0608. The Bertz CT molecular complexity index is 845. The Balaban J connectivity index is 1.42. The first-order chi connectivity index (χ1) is 14.0. The number of rotatable bonds is 7. The first-order valence-corrected chi connectivity index (χ1v) is 9.72. The molecule has 0 bridgehead atoms. The Morgan fingerprint density at radius 1 is 1.14 bits per heavy atom. The van der Waals surface area contributed by atoms with Crippen LogP contribution in [0.4, 0.5) is 8.78 Å². The Hall–Kier alpha value is -2.96. The lowest BCUT2D eigenvalue weighted by Gasteiger charge is -2.32. The number of amides is 2. The lowest BCUT2D eigenvalue weighted by molar-refractivity contribution is -0.133. The van der Waals surface area contributed by atoms with Crippen molar-refractivity contribution in [2.24, 2.45) is 5.92 Å². The second-order valence-electron chi connectivity index (χ2n) is 7.10. The summed E-state index contributed by atoms with van der Waals surface area (Å²) in [4.78, 5) is 26.2. The molecule has 0 saturated carbocycles. The number of nitrogens with zero attached hydrogens (tertiary/aromatic N) is 1. The Kier molecular flexibility index (Phi) is 7.16. The van der Waals surface area contributed by atoms with E-state index < -0.39 is 17.5 Å². The van der Waals surface area contributed by atoms with E-state index in [-0.39, 0.29) is 30.4 Å². The highest BCUT2D eigenvalue weighted by Gasteiger charge is 2.24. The largest absolute Gasteiger partial charge is 0.493 e. The number of benzene rings is 2. The molecule has 1 N–H and O–H groups in total. The van der Waals surface area contributed by atoms with Gasteiger partial charge in [-0.3, -0.25) is 9.59 Å². The molecule has 2 aromatic rings. The summed E-state index contributed by atoms with van der Waals surface area (Å²) in [6.07, 6.45) is 2.03. The van der Waals surface area contributed by atoms with Crippen molar-refractivity contribution in [2.45, 2.75) is 19.3 Å². The van der Waals surface area contributed by atoms with Gasteiger partial charge in [-0.25, -0.2) is 8.78 Å². The Morgan fingerprint density at radius 2 is 1.93 bits per heavy atom. The number of likely N-dealkylation sites (tertiary alicyclic amines) is 1. The number of hydrogen-bond donors (Lipinski definition) is 1. The summed E-state index contributed by atoms with van der Waals surface area (Å²) >= 11 is 0. The fraction of sp³-hybridized carbons (Fsp3) is 0.364. The minimum Gasteiger partial charge on any atom is -0.493 e. The van der Waals surface area contributed by atoms with Gasteiger partial charge < -0.3 is 15.0 Å². The predicted octanol–water partition coefficient (Wildman–Crippen LogP) is 3.40. The highest BCUT2D eigenvalue weighted by atomic mass is 19.1. The van der Waals surface area contributed by atoms with Crippen molar-refractivity contribution in [3.8, 4) is 5.75 Å². The maximum Gasteiger partial charge on any atom is 0.254 e. The molecule has 1 aliphatic rings. The second kappa shape index (κ2) is 10.0. The summed E-state index contributed by atoms with van der Waals surface area (Å²) in [6.45, 7) is 1.94. The normalized spacial score (nSPS) is 16.3. The van der Waals surface area contributed by atoms with Crippen molar-refractivity contribution in [1.29, 1.82) is 0 Å². The average Bonchev–Trinajstić information content (AvgIpc) is 2.73. The third-order valence-electron chi connectivity index (χ3n) is 4.90. The van der Waals surface area contributed by atoms with Crippen LogP contribution >= 0.6 is 0 Å². The summed E-state index contributed by atoms with van der Waals surface area (Å²) in [5.74, 6) is -1.32. The maximum atomic E-state index is 13.6. The summed E-state index contributed by atoms with van der Waals surface area (Å²) in [7, 11) is 0. The zero-order chi connectivity index (χ0) is 20.6. The Morgan fingerprint density at radius 3 is 2.69 bits per heavy atom. The molecular weight excluding hydrogens is 378 g/mol. The second-order valence-corrected chi connectivity index (χ2v) is 7.10. The van der Waals surface area contributed by atoms with Crippen molar-refractivity contribution in [3.05, 3.63) is 65.7 Å². The molecule has 5 nitrogen and oxygen atoms in total. The van der Waals surface area contributed by atoms with Crippen LogP contribution in [-0.2, 0) is 4.79 Å². The molecule has 0 aromatic heterocycles. The van der Waals surface area contributed by atoms with Gasteiger partial charge in [0.15, 0.2) is 0 Å². The summed E-state index contributed by atoms with van der Waals surface area (Å²) in [5.41, 5.74) is -0.241. The zero-order valence-corrected chi connectivity index (χ0v) is 16.1.